The van der Waals surface area contributed by atoms with Crippen LogP contribution < -0.4 is 9.47 Å². The van der Waals surface area contributed by atoms with Crippen LogP contribution in [0.2, 0.25) is 5.02 Å². The topological polar surface area (TPSA) is 48.4 Å². The third-order valence-corrected chi connectivity index (χ3v) is 4.89. The van der Waals surface area contributed by atoms with Crippen LogP contribution >= 0.6 is 22.9 Å². The van der Waals surface area contributed by atoms with Crippen LogP contribution in [0.3, 0.4) is 0 Å². The Labute approximate surface area is 124 Å². The van der Waals surface area contributed by atoms with Gasteiger partial charge in [0.1, 0.15) is 10.7 Å². The van der Waals surface area contributed by atoms with Gasteiger partial charge in [0.25, 0.3) is 0 Å². The number of aryl methyl sites for hydroxylation is 1. The van der Waals surface area contributed by atoms with Gasteiger partial charge in [-0.1, -0.05) is 11.6 Å². The lowest BCUT2D eigenvalue weighted by Crippen LogP contribution is -2.08. The number of nitrogens with zero attached hydrogens (tertiary/aromatic N) is 1. The number of rotatable bonds is 1. The number of benzene rings is 1. The van der Waals surface area contributed by atoms with E-state index in [0.717, 1.165) is 28.3 Å². The zero-order valence-corrected chi connectivity index (χ0v) is 12.0. The maximum atomic E-state index is 11.9. The third-order valence-electron chi connectivity index (χ3n) is 3.44. The Morgan fingerprint density at radius 1 is 1.25 bits per heavy atom. The first-order valence-corrected chi connectivity index (χ1v) is 7.54. The van der Waals surface area contributed by atoms with Crippen molar-refractivity contribution in [2.75, 3.05) is 6.79 Å². The summed E-state index contributed by atoms with van der Waals surface area (Å²) < 4.78 is 10.7. The number of ether oxygens (including phenoxy) is 2. The zero-order chi connectivity index (χ0) is 13.7. The average Bonchev–Trinajstić information content (AvgIpc) is 3.04. The van der Waals surface area contributed by atoms with Crippen LogP contribution in [-0.4, -0.2) is 17.6 Å². The van der Waals surface area contributed by atoms with Crippen molar-refractivity contribution in [3.63, 3.8) is 0 Å². The van der Waals surface area contributed by atoms with Crippen molar-refractivity contribution >= 4 is 28.7 Å². The van der Waals surface area contributed by atoms with E-state index in [4.69, 9.17) is 21.1 Å². The van der Waals surface area contributed by atoms with E-state index in [0.29, 0.717) is 28.6 Å². The van der Waals surface area contributed by atoms with Crippen LogP contribution in [0.5, 0.6) is 11.5 Å². The predicted molar refractivity (Wildman–Crippen MR) is 76.0 cm³/mol. The Bertz CT molecular complexity index is 725. The molecule has 6 heteroatoms. The number of thiazole rings is 1. The van der Waals surface area contributed by atoms with E-state index in [-0.39, 0.29) is 12.6 Å². The fourth-order valence-corrected chi connectivity index (χ4v) is 3.86. The predicted octanol–water partition coefficient (Wildman–Crippen LogP) is 3.71. The van der Waals surface area contributed by atoms with Crippen molar-refractivity contribution in [2.45, 2.75) is 19.3 Å². The Kier molecular flexibility index (Phi) is 2.72. The molecule has 2 aliphatic rings. The van der Waals surface area contributed by atoms with Crippen molar-refractivity contribution in [3.8, 4) is 22.1 Å². The quantitative estimate of drug-likeness (QED) is 0.806. The van der Waals surface area contributed by atoms with Crippen molar-refractivity contribution in [3.05, 3.63) is 27.7 Å². The maximum absolute atomic E-state index is 11.9. The summed E-state index contributed by atoms with van der Waals surface area (Å²) in [5.41, 5.74) is 1.50. The number of Topliss-reactive ketones (excluding diaryl/α,β-unsaturated/α-hetero) is 1. The van der Waals surface area contributed by atoms with Gasteiger partial charge in [0.05, 0.1) is 5.02 Å². The van der Waals surface area contributed by atoms with Crippen LogP contribution in [0, 0.1) is 0 Å². The molecule has 20 heavy (non-hydrogen) atoms. The molecule has 2 heterocycles. The van der Waals surface area contributed by atoms with Gasteiger partial charge < -0.3 is 9.47 Å². The van der Waals surface area contributed by atoms with Crippen LogP contribution in [0.25, 0.3) is 10.6 Å². The highest BCUT2D eigenvalue weighted by Gasteiger charge is 2.24. The molecule has 2 aromatic rings. The summed E-state index contributed by atoms with van der Waals surface area (Å²) >= 11 is 7.74. The lowest BCUT2D eigenvalue weighted by atomic mass is 10.0. The molecule has 0 saturated carbocycles. The molecule has 1 aromatic heterocycles. The molecule has 102 valence electrons. The highest BCUT2D eigenvalue weighted by molar-refractivity contribution is 7.15. The molecule has 0 saturated heterocycles. The highest BCUT2D eigenvalue weighted by atomic mass is 35.5. The van der Waals surface area contributed by atoms with Gasteiger partial charge in [0, 0.05) is 16.9 Å². The van der Waals surface area contributed by atoms with Gasteiger partial charge in [0.15, 0.2) is 17.3 Å². The zero-order valence-electron chi connectivity index (χ0n) is 10.4. The summed E-state index contributed by atoms with van der Waals surface area (Å²) in [5, 5.41) is 1.32. The number of hydrogen-bond acceptors (Lipinski definition) is 5. The molecule has 0 N–H and O–H groups in total. The van der Waals surface area contributed by atoms with Crippen LogP contribution in [0.4, 0.5) is 0 Å². The molecule has 0 atom stereocenters. The summed E-state index contributed by atoms with van der Waals surface area (Å²) in [4.78, 5) is 17.4. The van der Waals surface area contributed by atoms with E-state index >= 15 is 0 Å². The van der Waals surface area contributed by atoms with E-state index in [9.17, 15) is 4.79 Å². The fourth-order valence-electron chi connectivity index (χ4n) is 2.48. The van der Waals surface area contributed by atoms with Gasteiger partial charge in [-0.25, -0.2) is 4.98 Å². The van der Waals surface area contributed by atoms with E-state index in [1.807, 2.05) is 12.1 Å². The van der Waals surface area contributed by atoms with Crippen molar-refractivity contribution in [1.29, 1.82) is 0 Å². The lowest BCUT2D eigenvalue weighted by molar-refractivity contribution is 0.0968. The van der Waals surface area contributed by atoms with E-state index in [1.54, 1.807) is 11.3 Å². The minimum absolute atomic E-state index is 0.139. The summed E-state index contributed by atoms with van der Waals surface area (Å²) in [6, 6.07) is 3.67. The number of halogens is 1. The summed E-state index contributed by atoms with van der Waals surface area (Å²) in [6.45, 7) is 0.186. The molecule has 1 aliphatic carbocycles. The highest BCUT2D eigenvalue weighted by Crippen LogP contribution is 2.43. The summed E-state index contributed by atoms with van der Waals surface area (Å²) in [5.74, 6) is 1.35. The van der Waals surface area contributed by atoms with Gasteiger partial charge in [0.2, 0.25) is 6.79 Å². The second-order valence-corrected chi connectivity index (χ2v) is 6.25. The van der Waals surface area contributed by atoms with E-state index in [2.05, 4.69) is 4.98 Å². The number of aromatic nitrogens is 1. The smallest absolute Gasteiger partial charge is 0.231 e. The fraction of sp³-hybridized carbons (Fsp3) is 0.286. The molecule has 0 bridgehead atoms. The Morgan fingerprint density at radius 2 is 2.15 bits per heavy atom. The Morgan fingerprint density at radius 3 is 3.00 bits per heavy atom. The maximum Gasteiger partial charge on any atom is 0.231 e. The van der Waals surface area contributed by atoms with Gasteiger partial charge in [-0.2, -0.15) is 0 Å². The molecule has 1 aliphatic heterocycles. The molecular weight excluding hydrogens is 298 g/mol. The van der Waals surface area contributed by atoms with Gasteiger partial charge >= 0.3 is 0 Å². The number of hydrogen-bond donors (Lipinski definition) is 0. The Balaban J connectivity index is 1.82. The largest absolute Gasteiger partial charge is 0.454 e. The van der Waals surface area contributed by atoms with E-state index < -0.39 is 0 Å². The second-order valence-electron chi connectivity index (χ2n) is 4.76. The van der Waals surface area contributed by atoms with E-state index in [1.165, 1.54) is 0 Å². The number of ketones is 1. The number of carbonyl (C=O) groups excluding carboxylic acids is 1. The standard InChI is InChI=1S/C14H10ClNO3S/c15-8-4-7(5-10-13(8)19-6-18-10)14-16-12-9(17)2-1-3-11(12)20-14/h4-5H,1-3,6H2. The Hall–Kier alpha value is -1.59. The minimum Gasteiger partial charge on any atom is -0.454 e. The molecule has 0 amide bonds. The molecule has 1 aromatic carbocycles. The molecule has 0 unspecified atom stereocenters. The molecular formula is C14H10ClNO3S. The van der Waals surface area contributed by atoms with Crippen molar-refractivity contribution < 1.29 is 14.3 Å². The molecule has 0 fully saturated rings. The monoisotopic (exact) mass is 307 g/mol. The molecule has 4 rings (SSSR count). The minimum atomic E-state index is 0.139. The first-order chi connectivity index (χ1) is 9.72. The van der Waals surface area contributed by atoms with Crippen molar-refractivity contribution in [2.24, 2.45) is 0 Å². The SMILES string of the molecule is O=C1CCCc2sc(-c3cc(Cl)c4c(c3)OCO4)nc21. The summed E-state index contributed by atoms with van der Waals surface area (Å²) in [6.07, 6.45) is 2.43. The van der Waals surface area contributed by atoms with Crippen LogP contribution in [0.15, 0.2) is 12.1 Å². The molecule has 4 nitrogen and oxygen atoms in total. The first-order valence-electron chi connectivity index (χ1n) is 6.35. The third kappa shape index (κ3) is 1.81. The van der Waals surface area contributed by atoms with Gasteiger partial charge in [-0.15, -0.1) is 11.3 Å². The molecule has 0 radical (unpaired) electrons. The number of carbonyl (C=O) groups is 1. The normalized spacial score (nSPS) is 16.4. The number of fused-ring (bicyclic) bond motifs is 2. The van der Waals surface area contributed by atoms with Gasteiger partial charge in [-0.3, -0.25) is 4.79 Å². The van der Waals surface area contributed by atoms with Crippen LogP contribution in [-0.2, 0) is 6.42 Å². The summed E-state index contributed by atoms with van der Waals surface area (Å²) in [7, 11) is 0. The first kappa shape index (κ1) is 12.2. The second kappa shape index (κ2) is 4.46. The van der Waals surface area contributed by atoms with Crippen LogP contribution in [0.1, 0.15) is 28.2 Å². The molecule has 0 spiro atoms. The van der Waals surface area contributed by atoms with Crippen molar-refractivity contribution in [1.82, 2.24) is 4.98 Å². The van der Waals surface area contributed by atoms with Gasteiger partial charge in [-0.05, 0) is 25.0 Å². The average molecular weight is 308 g/mol. The lowest BCUT2D eigenvalue weighted by Gasteiger charge is -2.06.